The van der Waals surface area contributed by atoms with Crippen LogP contribution in [0.5, 0.6) is 0 Å². The summed E-state index contributed by atoms with van der Waals surface area (Å²) in [7, 11) is 0. The van der Waals surface area contributed by atoms with Crippen molar-refractivity contribution < 1.29 is 18.0 Å². The highest BCUT2D eigenvalue weighted by atomic mass is 35.5. The minimum Gasteiger partial charge on any atom is -0.348 e. The zero-order valence-corrected chi connectivity index (χ0v) is 17.6. The number of amides is 1. The van der Waals surface area contributed by atoms with Crippen LogP contribution < -0.4 is 5.32 Å². The number of aryl methyl sites for hydroxylation is 1. The van der Waals surface area contributed by atoms with Gasteiger partial charge in [0, 0.05) is 22.7 Å². The highest BCUT2D eigenvalue weighted by molar-refractivity contribution is 6.30. The van der Waals surface area contributed by atoms with Crippen molar-refractivity contribution in [1.29, 1.82) is 0 Å². The van der Waals surface area contributed by atoms with Crippen molar-refractivity contribution in [2.45, 2.75) is 32.4 Å². The highest BCUT2D eigenvalue weighted by Crippen LogP contribution is 2.37. The van der Waals surface area contributed by atoms with Gasteiger partial charge in [-0.1, -0.05) is 48.9 Å². The Morgan fingerprint density at radius 2 is 1.87 bits per heavy atom. The first-order valence-electron chi connectivity index (χ1n) is 10.1. The third-order valence-corrected chi connectivity index (χ3v) is 5.82. The Balaban J connectivity index is 1.70. The molecule has 0 bridgehead atoms. The molecule has 1 atom stereocenters. The van der Waals surface area contributed by atoms with E-state index in [-0.39, 0.29) is 12.5 Å². The lowest BCUT2D eigenvalue weighted by molar-refractivity contribution is -0.173. The lowest BCUT2D eigenvalue weighted by Gasteiger charge is -2.16. The van der Waals surface area contributed by atoms with Gasteiger partial charge in [-0.2, -0.15) is 18.3 Å². The van der Waals surface area contributed by atoms with Gasteiger partial charge in [-0.05, 0) is 48.9 Å². The van der Waals surface area contributed by atoms with Crippen LogP contribution in [0.1, 0.15) is 23.7 Å². The van der Waals surface area contributed by atoms with E-state index in [2.05, 4.69) is 13.0 Å². The van der Waals surface area contributed by atoms with Crippen LogP contribution in [0, 0.1) is 5.92 Å². The number of hydrogen-bond acceptors (Lipinski definition) is 2. The molecule has 0 saturated heterocycles. The molecule has 0 saturated carbocycles. The second-order valence-corrected chi connectivity index (χ2v) is 8.09. The monoisotopic (exact) mass is 447 g/mol. The summed E-state index contributed by atoms with van der Waals surface area (Å²) in [6.45, 7) is 2.04. The molecule has 1 aromatic heterocycles. The van der Waals surface area contributed by atoms with Crippen LogP contribution in [0.15, 0.2) is 48.5 Å². The Hall–Kier alpha value is -2.80. The van der Waals surface area contributed by atoms with Crippen molar-refractivity contribution in [2.75, 3.05) is 6.54 Å². The summed E-state index contributed by atoms with van der Waals surface area (Å²) in [5.41, 5.74) is 5.82. The van der Waals surface area contributed by atoms with E-state index in [0.29, 0.717) is 17.9 Å². The fraction of sp³-hybridized carbons (Fsp3) is 0.304. The molecule has 0 spiro atoms. The van der Waals surface area contributed by atoms with Gasteiger partial charge in [0.1, 0.15) is 0 Å². The Bertz CT molecular complexity index is 1110. The summed E-state index contributed by atoms with van der Waals surface area (Å²) in [5, 5.41) is 7.47. The second-order valence-electron chi connectivity index (χ2n) is 7.66. The quantitative estimate of drug-likeness (QED) is 0.588. The summed E-state index contributed by atoms with van der Waals surface area (Å²) in [6, 6.07) is 15.5. The van der Waals surface area contributed by atoms with E-state index in [9.17, 15) is 18.0 Å². The number of nitrogens with zero attached hydrogens (tertiary/aromatic N) is 2. The van der Waals surface area contributed by atoms with Gasteiger partial charge in [0.2, 0.25) is 0 Å². The average molecular weight is 448 g/mol. The first kappa shape index (κ1) is 21.4. The van der Waals surface area contributed by atoms with Gasteiger partial charge < -0.3 is 5.32 Å². The molecular formula is C23H21ClF3N3O. The minimum atomic E-state index is -4.87. The van der Waals surface area contributed by atoms with Crippen LogP contribution in [-0.4, -0.2) is 28.4 Å². The lowest BCUT2D eigenvalue weighted by atomic mass is 10.0. The summed E-state index contributed by atoms with van der Waals surface area (Å²) >= 11 is 6.07. The molecule has 0 fully saturated rings. The number of alkyl halides is 3. The maximum absolute atomic E-state index is 12.5. The first-order chi connectivity index (χ1) is 14.8. The lowest BCUT2D eigenvalue weighted by Crippen LogP contribution is -2.39. The van der Waals surface area contributed by atoms with Crippen molar-refractivity contribution in [3.63, 3.8) is 0 Å². The summed E-state index contributed by atoms with van der Waals surface area (Å²) in [5.74, 6) is -2.04. The molecule has 2 aromatic carbocycles. The summed E-state index contributed by atoms with van der Waals surface area (Å²) in [4.78, 5) is 11.2. The largest absolute Gasteiger partial charge is 0.471 e. The number of halogens is 4. The van der Waals surface area contributed by atoms with Gasteiger partial charge in [-0.25, -0.2) is 4.68 Å². The zero-order valence-electron chi connectivity index (χ0n) is 16.8. The van der Waals surface area contributed by atoms with E-state index in [1.807, 2.05) is 52.5 Å². The van der Waals surface area contributed by atoms with Crippen LogP contribution in [0.4, 0.5) is 13.2 Å². The molecule has 0 radical (unpaired) electrons. The van der Waals surface area contributed by atoms with Gasteiger partial charge in [-0.3, -0.25) is 4.79 Å². The van der Waals surface area contributed by atoms with Gasteiger partial charge >= 0.3 is 12.1 Å². The average Bonchev–Trinajstić information content (AvgIpc) is 3.29. The molecule has 1 aliphatic carbocycles. The number of para-hydroxylation sites is 1. The topological polar surface area (TPSA) is 46.9 Å². The van der Waals surface area contributed by atoms with Crippen LogP contribution in [-0.2, 0) is 24.1 Å². The van der Waals surface area contributed by atoms with Crippen LogP contribution >= 0.6 is 11.6 Å². The van der Waals surface area contributed by atoms with Gasteiger partial charge in [0.05, 0.1) is 17.1 Å². The fourth-order valence-corrected chi connectivity index (χ4v) is 4.21. The van der Waals surface area contributed by atoms with E-state index >= 15 is 0 Å². The molecule has 1 amide bonds. The molecule has 1 unspecified atom stereocenters. The number of benzene rings is 2. The van der Waals surface area contributed by atoms with E-state index < -0.39 is 12.1 Å². The smallest absolute Gasteiger partial charge is 0.348 e. The maximum atomic E-state index is 12.5. The number of fused-ring (bicyclic) bond motifs is 1. The molecule has 8 heteroatoms. The molecule has 4 nitrogen and oxygen atoms in total. The predicted molar refractivity (Wildman–Crippen MR) is 113 cm³/mol. The van der Waals surface area contributed by atoms with Gasteiger partial charge in [0.15, 0.2) is 0 Å². The molecule has 1 N–H and O–H groups in total. The zero-order chi connectivity index (χ0) is 22.2. The number of carbonyl (C=O) groups excluding carboxylic acids is 1. The van der Waals surface area contributed by atoms with E-state index in [1.165, 1.54) is 0 Å². The Labute approximate surface area is 183 Å². The number of carbonyl (C=O) groups is 1. The Morgan fingerprint density at radius 1 is 1.16 bits per heavy atom. The Kier molecular flexibility index (Phi) is 5.79. The molecule has 3 aromatic rings. The molecule has 4 rings (SSSR count). The van der Waals surface area contributed by atoms with E-state index in [4.69, 9.17) is 16.7 Å². The normalized spacial score (nSPS) is 15.7. The van der Waals surface area contributed by atoms with E-state index in [0.717, 1.165) is 40.2 Å². The number of hydrogen-bond donors (Lipinski definition) is 1. The maximum Gasteiger partial charge on any atom is 0.471 e. The van der Waals surface area contributed by atoms with Gasteiger partial charge in [-0.15, -0.1) is 0 Å². The number of nitrogens with one attached hydrogen (secondary N) is 1. The predicted octanol–water partition coefficient (Wildman–Crippen LogP) is 5.15. The highest BCUT2D eigenvalue weighted by Gasteiger charge is 2.39. The van der Waals surface area contributed by atoms with Crippen LogP contribution in [0.3, 0.4) is 0 Å². The van der Waals surface area contributed by atoms with Crippen LogP contribution in [0.25, 0.3) is 16.9 Å². The molecule has 1 heterocycles. The molecular weight excluding hydrogens is 427 g/mol. The van der Waals surface area contributed by atoms with E-state index in [1.54, 1.807) is 0 Å². The first-order valence-corrected chi connectivity index (χ1v) is 10.5. The third-order valence-electron chi connectivity index (χ3n) is 5.57. The second kappa shape index (κ2) is 8.38. The SMILES string of the molecule is CCc1ccccc1-n1nc2c(c1-c1ccc(Cl)cc1)CC(CNC(=O)C(F)(F)F)C2. The Morgan fingerprint density at radius 3 is 2.55 bits per heavy atom. The summed E-state index contributed by atoms with van der Waals surface area (Å²) in [6.07, 6.45) is -2.98. The molecule has 31 heavy (non-hydrogen) atoms. The van der Waals surface area contributed by atoms with Gasteiger partial charge in [0.25, 0.3) is 0 Å². The molecule has 0 aliphatic heterocycles. The number of aromatic nitrogens is 2. The van der Waals surface area contributed by atoms with Crippen LogP contribution in [0.2, 0.25) is 5.02 Å². The van der Waals surface area contributed by atoms with Crippen molar-refractivity contribution in [2.24, 2.45) is 5.92 Å². The van der Waals surface area contributed by atoms with Crippen molar-refractivity contribution in [1.82, 2.24) is 15.1 Å². The minimum absolute atomic E-state index is 0.0414. The number of rotatable bonds is 5. The van der Waals surface area contributed by atoms with Crippen molar-refractivity contribution in [3.8, 4) is 16.9 Å². The van der Waals surface area contributed by atoms with Crippen molar-refractivity contribution >= 4 is 17.5 Å². The van der Waals surface area contributed by atoms with Crippen molar-refractivity contribution in [3.05, 3.63) is 70.4 Å². The third kappa shape index (κ3) is 4.32. The fourth-order valence-electron chi connectivity index (χ4n) is 4.08. The standard InChI is InChI=1S/C23H21ClF3N3O/c1-2-15-5-3-4-6-20(15)30-21(16-7-9-17(24)10-8-16)18-11-14(12-19(18)29-30)13-28-22(31)23(25,26)27/h3-10,14H,2,11-13H2,1H3,(H,28,31). The molecule has 162 valence electrons. The molecule has 1 aliphatic rings. The summed E-state index contributed by atoms with van der Waals surface area (Å²) < 4.78 is 39.5.